The molecular weight excluding hydrogens is 464 g/mol. The van der Waals surface area contributed by atoms with Gasteiger partial charge >= 0.3 is 0 Å². The second kappa shape index (κ2) is 10.2. The van der Waals surface area contributed by atoms with Crippen molar-refractivity contribution in [1.29, 1.82) is 0 Å². The Labute approximate surface area is 207 Å². The smallest absolute Gasteiger partial charge is 0.253 e. The van der Waals surface area contributed by atoms with Crippen molar-refractivity contribution in [1.82, 2.24) is 30.7 Å². The van der Waals surface area contributed by atoms with Gasteiger partial charge in [0.15, 0.2) is 0 Å². The third kappa shape index (κ3) is 5.50. The third-order valence-electron chi connectivity index (χ3n) is 6.07. The fourth-order valence-corrected chi connectivity index (χ4v) is 4.35. The third-order valence-corrected chi connectivity index (χ3v) is 6.30. The van der Waals surface area contributed by atoms with E-state index in [0.717, 1.165) is 46.4 Å². The highest BCUT2D eigenvalue weighted by Gasteiger charge is 2.17. The number of amides is 2. The summed E-state index contributed by atoms with van der Waals surface area (Å²) in [5, 5.41) is 14.7. The first-order valence-corrected chi connectivity index (χ1v) is 11.8. The van der Waals surface area contributed by atoms with Gasteiger partial charge in [0.25, 0.3) is 5.91 Å². The number of halogens is 1. The number of rotatable bonds is 7. The number of fused-ring (bicyclic) bond motifs is 1. The van der Waals surface area contributed by atoms with E-state index in [0.29, 0.717) is 36.6 Å². The van der Waals surface area contributed by atoms with Gasteiger partial charge in [-0.15, -0.1) is 0 Å². The molecule has 5 rings (SSSR count). The molecule has 0 aliphatic carbocycles. The molecule has 0 radical (unpaired) electrons. The molecule has 3 N–H and O–H groups in total. The molecule has 8 nitrogen and oxygen atoms in total. The van der Waals surface area contributed by atoms with Gasteiger partial charge in [-0.2, -0.15) is 5.10 Å². The van der Waals surface area contributed by atoms with Crippen LogP contribution in [0.15, 0.2) is 60.9 Å². The molecule has 178 valence electrons. The highest BCUT2D eigenvalue weighted by molar-refractivity contribution is 6.31. The van der Waals surface area contributed by atoms with Crippen LogP contribution in [0.3, 0.4) is 0 Å². The SMILES string of the molecule is O=C(NCc1[nH]nc2ccc(Cl)cc12)c1cncc(Cc2ccc(CN3CCNCC3=O)cc2)c1. The molecule has 2 aromatic heterocycles. The van der Waals surface area contributed by atoms with Crippen LogP contribution in [0.2, 0.25) is 5.02 Å². The molecule has 0 spiro atoms. The molecule has 35 heavy (non-hydrogen) atoms. The van der Waals surface area contributed by atoms with E-state index in [2.05, 4.69) is 50.1 Å². The van der Waals surface area contributed by atoms with Gasteiger partial charge in [-0.1, -0.05) is 35.9 Å². The minimum Gasteiger partial charge on any atom is -0.346 e. The van der Waals surface area contributed by atoms with Gasteiger partial charge in [-0.3, -0.25) is 19.7 Å². The second-order valence-electron chi connectivity index (χ2n) is 8.61. The minimum atomic E-state index is -0.208. The number of aromatic amines is 1. The highest BCUT2D eigenvalue weighted by atomic mass is 35.5. The molecule has 3 heterocycles. The van der Waals surface area contributed by atoms with Crippen LogP contribution < -0.4 is 10.6 Å². The Bertz CT molecular complexity index is 1370. The van der Waals surface area contributed by atoms with Crippen LogP contribution in [0.4, 0.5) is 0 Å². The first-order chi connectivity index (χ1) is 17.0. The van der Waals surface area contributed by atoms with Crippen molar-refractivity contribution in [3.63, 3.8) is 0 Å². The fourth-order valence-electron chi connectivity index (χ4n) is 4.18. The fraction of sp³-hybridized carbons (Fsp3) is 0.231. The predicted molar refractivity (Wildman–Crippen MR) is 134 cm³/mol. The standard InChI is InChI=1S/C26H25ClN6O2/c27-21-5-6-23-22(11-21)24(32-31-23)14-30-26(35)20-10-19(12-29-13-20)9-17-1-3-18(4-2-17)16-33-8-7-28-15-25(33)34/h1-6,10-13,28H,7-9,14-16H2,(H,30,35)(H,31,32). The van der Waals surface area contributed by atoms with Crippen molar-refractivity contribution in [2.45, 2.75) is 19.5 Å². The zero-order valence-corrected chi connectivity index (χ0v) is 19.8. The summed E-state index contributed by atoms with van der Waals surface area (Å²) < 4.78 is 0. The number of piperazine rings is 1. The van der Waals surface area contributed by atoms with Crippen molar-refractivity contribution in [3.8, 4) is 0 Å². The number of hydrogen-bond acceptors (Lipinski definition) is 5. The van der Waals surface area contributed by atoms with Gasteiger partial charge in [-0.25, -0.2) is 0 Å². The summed E-state index contributed by atoms with van der Waals surface area (Å²) in [4.78, 5) is 30.9. The number of pyridine rings is 1. The van der Waals surface area contributed by atoms with Crippen LogP contribution in [0.5, 0.6) is 0 Å². The van der Waals surface area contributed by atoms with Crippen molar-refractivity contribution in [3.05, 3.63) is 93.9 Å². The summed E-state index contributed by atoms with van der Waals surface area (Å²) in [6.07, 6.45) is 3.99. The zero-order chi connectivity index (χ0) is 24.2. The number of nitrogens with zero attached hydrogens (tertiary/aromatic N) is 3. The lowest BCUT2D eigenvalue weighted by atomic mass is 10.0. The van der Waals surface area contributed by atoms with E-state index >= 15 is 0 Å². The molecule has 2 amide bonds. The monoisotopic (exact) mass is 488 g/mol. The number of H-pyrrole nitrogens is 1. The number of carbonyl (C=O) groups is 2. The molecule has 1 aliphatic rings. The predicted octanol–water partition coefficient (Wildman–Crippen LogP) is 3.06. The Kier molecular flexibility index (Phi) is 6.74. The maximum atomic E-state index is 12.8. The highest BCUT2D eigenvalue weighted by Crippen LogP contribution is 2.20. The molecule has 1 fully saturated rings. The van der Waals surface area contributed by atoms with Crippen molar-refractivity contribution in [2.75, 3.05) is 19.6 Å². The normalized spacial score (nSPS) is 13.9. The van der Waals surface area contributed by atoms with Crippen LogP contribution in [-0.4, -0.2) is 51.5 Å². The number of aromatic nitrogens is 3. The van der Waals surface area contributed by atoms with Crippen LogP contribution in [-0.2, 0) is 24.3 Å². The Morgan fingerprint density at radius 3 is 2.71 bits per heavy atom. The van der Waals surface area contributed by atoms with Gasteiger partial charge in [0.2, 0.25) is 5.91 Å². The van der Waals surface area contributed by atoms with E-state index < -0.39 is 0 Å². The number of hydrogen-bond donors (Lipinski definition) is 3. The Morgan fingerprint density at radius 2 is 1.89 bits per heavy atom. The largest absolute Gasteiger partial charge is 0.346 e. The number of benzene rings is 2. The summed E-state index contributed by atoms with van der Waals surface area (Å²) in [6.45, 7) is 2.88. The van der Waals surface area contributed by atoms with Gasteiger partial charge in [-0.05, 0) is 47.4 Å². The average molecular weight is 489 g/mol. The number of nitrogens with one attached hydrogen (secondary N) is 3. The molecule has 4 aromatic rings. The first kappa shape index (κ1) is 23.0. The second-order valence-corrected chi connectivity index (χ2v) is 9.05. The van der Waals surface area contributed by atoms with E-state index in [-0.39, 0.29) is 11.8 Å². The molecule has 1 saturated heterocycles. The molecule has 0 bridgehead atoms. The summed E-state index contributed by atoms with van der Waals surface area (Å²) in [5.41, 5.74) is 5.25. The van der Waals surface area contributed by atoms with Gasteiger partial charge in [0.1, 0.15) is 0 Å². The number of carbonyl (C=O) groups excluding carboxylic acids is 2. The van der Waals surface area contributed by atoms with Crippen molar-refractivity contribution in [2.24, 2.45) is 0 Å². The lowest BCUT2D eigenvalue weighted by molar-refractivity contribution is -0.132. The molecule has 0 atom stereocenters. The van der Waals surface area contributed by atoms with Crippen LogP contribution in [0.25, 0.3) is 10.9 Å². The van der Waals surface area contributed by atoms with E-state index in [1.165, 1.54) is 0 Å². The van der Waals surface area contributed by atoms with Gasteiger partial charge < -0.3 is 15.5 Å². The quantitative estimate of drug-likeness (QED) is 0.371. The summed E-state index contributed by atoms with van der Waals surface area (Å²) in [6, 6.07) is 15.5. The van der Waals surface area contributed by atoms with Crippen LogP contribution in [0.1, 0.15) is 32.7 Å². The molecule has 2 aromatic carbocycles. The van der Waals surface area contributed by atoms with E-state index in [1.807, 2.05) is 23.1 Å². The van der Waals surface area contributed by atoms with Gasteiger partial charge in [0.05, 0.1) is 29.9 Å². The van der Waals surface area contributed by atoms with Crippen molar-refractivity contribution < 1.29 is 9.59 Å². The van der Waals surface area contributed by atoms with Crippen LogP contribution >= 0.6 is 11.6 Å². The lowest BCUT2D eigenvalue weighted by Gasteiger charge is -2.27. The average Bonchev–Trinajstić information content (AvgIpc) is 3.27. The lowest BCUT2D eigenvalue weighted by Crippen LogP contribution is -2.47. The van der Waals surface area contributed by atoms with Gasteiger partial charge in [0, 0.05) is 42.4 Å². The summed E-state index contributed by atoms with van der Waals surface area (Å²) >= 11 is 6.09. The topological polar surface area (TPSA) is 103 Å². The molecule has 9 heteroatoms. The molecule has 1 aliphatic heterocycles. The zero-order valence-electron chi connectivity index (χ0n) is 19.1. The maximum absolute atomic E-state index is 12.8. The Morgan fingerprint density at radius 1 is 1.06 bits per heavy atom. The van der Waals surface area contributed by atoms with Crippen molar-refractivity contribution >= 4 is 34.3 Å². The summed E-state index contributed by atoms with van der Waals surface area (Å²) in [5.74, 6) is -0.0776. The van der Waals surface area contributed by atoms with E-state index in [4.69, 9.17) is 11.6 Å². The molecule has 0 saturated carbocycles. The minimum absolute atomic E-state index is 0.131. The Balaban J connectivity index is 1.20. The van der Waals surface area contributed by atoms with Crippen LogP contribution in [0, 0.1) is 0 Å². The maximum Gasteiger partial charge on any atom is 0.253 e. The van der Waals surface area contributed by atoms with E-state index in [9.17, 15) is 9.59 Å². The summed E-state index contributed by atoms with van der Waals surface area (Å²) in [7, 11) is 0. The molecular formula is C26H25ClN6O2. The molecule has 0 unspecified atom stereocenters. The van der Waals surface area contributed by atoms with E-state index in [1.54, 1.807) is 18.5 Å². The first-order valence-electron chi connectivity index (χ1n) is 11.5. The Hall–Kier alpha value is -3.75.